The second-order valence-electron chi connectivity index (χ2n) is 5.58. The first-order valence-electron chi connectivity index (χ1n) is 5.28. The van der Waals surface area contributed by atoms with Gasteiger partial charge in [0.15, 0.2) is 9.84 Å². The summed E-state index contributed by atoms with van der Waals surface area (Å²) < 4.78 is 47.6. The fourth-order valence-corrected chi connectivity index (χ4v) is 4.61. The molecule has 0 aromatic carbocycles. The maximum atomic E-state index is 12.7. The number of aliphatic hydroxyl groups excluding tert-OH is 1. The minimum atomic E-state index is -3.05. The molecule has 4 N–H and O–H groups in total. The number of sulfone groups is 1. The van der Waals surface area contributed by atoms with Crippen LogP contribution in [-0.4, -0.2) is 48.3 Å². The smallest absolute Gasteiger partial charge is 0.252 e. The summed E-state index contributed by atoms with van der Waals surface area (Å²) in [6.45, 7) is 1.62. The first-order chi connectivity index (χ1) is 7.46. The molecule has 2 fully saturated rings. The van der Waals surface area contributed by atoms with Crippen molar-refractivity contribution in [2.45, 2.75) is 43.0 Å². The van der Waals surface area contributed by atoms with Crippen LogP contribution in [0.4, 0.5) is 8.78 Å². The van der Waals surface area contributed by atoms with Gasteiger partial charge in [0.25, 0.3) is 5.92 Å². The lowest BCUT2D eigenvalue weighted by Gasteiger charge is -2.50. The van der Waals surface area contributed by atoms with Crippen molar-refractivity contribution in [3.63, 3.8) is 0 Å². The second kappa shape index (κ2) is 3.37. The molecule has 0 bridgehead atoms. The lowest BCUT2D eigenvalue weighted by Crippen LogP contribution is -2.74. The zero-order valence-electron chi connectivity index (χ0n) is 9.41. The highest BCUT2D eigenvalue weighted by Crippen LogP contribution is 2.45. The van der Waals surface area contributed by atoms with Crippen molar-refractivity contribution in [3.8, 4) is 0 Å². The van der Waals surface area contributed by atoms with Crippen LogP contribution in [-0.2, 0) is 9.84 Å². The normalized spacial score (nSPS) is 33.2. The Morgan fingerprint density at radius 2 is 1.82 bits per heavy atom. The standard InChI is InChI=1S/C9H16F2N2O3S/c1-7(4-17(15,16)5-7)13-6(14)8(12)2-9(10,11)3-8/h6,13-14H,2-5,12H2,1H3. The SMILES string of the molecule is CC1(NC(O)C2(N)CC(F)(F)C2)CS(=O)(=O)C1. The predicted molar refractivity (Wildman–Crippen MR) is 57.3 cm³/mol. The quantitative estimate of drug-likeness (QED) is 0.584. The Kier molecular flexibility index (Phi) is 2.60. The van der Waals surface area contributed by atoms with E-state index in [9.17, 15) is 22.3 Å². The lowest BCUT2D eigenvalue weighted by atomic mass is 9.72. The molecule has 17 heavy (non-hydrogen) atoms. The van der Waals surface area contributed by atoms with Crippen molar-refractivity contribution in [1.29, 1.82) is 0 Å². The number of hydrogen-bond donors (Lipinski definition) is 3. The third-order valence-electron chi connectivity index (χ3n) is 3.28. The summed E-state index contributed by atoms with van der Waals surface area (Å²) >= 11 is 0. The van der Waals surface area contributed by atoms with Crippen LogP contribution >= 0.6 is 0 Å². The molecule has 1 aliphatic carbocycles. The van der Waals surface area contributed by atoms with Crippen LogP contribution < -0.4 is 11.1 Å². The van der Waals surface area contributed by atoms with Crippen LogP contribution in [0.25, 0.3) is 0 Å². The number of rotatable bonds is 3. The molecule has 0 aromatic rings. The van der Waals surface area contributed by atoms with Gasteiger partial charge in [-0.2, -0.15) is 0 Å². The molecule has 1 aliphatic heterocycles. The van der Waals surface area contributed by atoms with E-state index in [1.54, 1.807) is 6.92 Å². The van der Waals surface area contributed by atoms with E-state index in [0.29, 0.717) is 0 Å². The van der Waals surface area contributed by atoms with Crippen molar-refractivity contribution >= 4 is 9.84 Å². The Balaban J connectivity index is 1.93. The van der Waals surface area contributed by atoms with Crippen molar-refractivity contribution in [2.75, 3.05) is 11.5 Å². The summed E-state index contributed by atoms with van der Waals surface area (Å²) in [6.07, 6.45) is -2.49. The molecule has 0 radical (unpaired) electrons. The summed E-state index contributed by atoms with van der Waals surface area (Å²) in [5, 5.41) is 12.4. The first kappa shape index (κ1) is 13.1. The molecule has 1 unspecified atom stereocenters. The topological polar surface area (TPSA) is 92.4 Å². The first-order valence-corrected chi connectivity index (χ1v) is 7.11. The molecule has 1 saturated heterocycles. The van der Waals surface area contributed by atoms with Crippen LogP contribution in [0.1, 0.15) is 19.8 Å². The van der Waals surface area contributed by atoms with Gasteiger partial charge in [0.1, 0.15) is 6.23 Å². The molecule has 100 valence electrons. The third kappa shape index (κ3) is 2.44. The molecule has 1 atom stereocenters. The van der Waals surface area contributed by atoms with Gasteiger partial charge in [-0.1, -0.05) is 0 Å². The summed E-state index contributed by atoms with van der Waals surface area (Å²) in [4.78, 5) is 0. The Morgan fingerprint density at radius 3 is 2.18 bits per heavy atom. The van der Waals surface area contributed by atoms with Gasteiger partial charge in [-0.05, 0) is 6.92 Å². The van der Waals surface area contributed by atoms with Gasteiger partial charge >= 0.3 is 0 Å². The highest BCUT2D eigenvalue weighted by atomic mass is 32.2. The molecule has 8 heteroatoms. The van der Waals surface area contributed by atoms with E-state index in [2.05, 4.69) is 5.32 Å². The van der Waals surface area contributed by atoms with E-state index in [-0.39, 0.29) is 11.5 Å². The Labute approximate surface area is 98.3 Å². The molecular formula is C9H16F2N2O3S. The number of hydrogen-bond acceptors (Lipinski definition) is 5. The highest BCUT2D eigenvalue weighted by molar-refractivity contribution is 7.93. The molecule has 2 rings (SSSR count). The van der Waals surface area contributed by atoms with Crippen molar-refractivity contribution in [2.24, 2.45) is 5.73 Å². The third-order valence-corrected chi connectivity index (χ3v) is 5.44. The second-order valence-corrected chi connectivity index (χ2v) is 7.65. The molecule has 0 aromatic heterocycles. The maximum Gasteiger partial charge on any atom is 0.252 e. The average molecular weight is 270 g/mol. The van der Waals surface area contributed by atoms with Crippen LogP contribution in [0, 0.1) is 0 Å². The minimum Gasteiger partial charge on any atom is -0.377 e. The van der Waals surface area contributed by atoms with E-state index < -0.39 is 45.9 Å². The van der Waals surface area contributed by atoms with Crippen LogP contribution in [0.2, 0.25) is 0 Å². The average Bonchev–Trinajstić information content (AvgIpc) is 1.94. The van der Waals surface area contributed by atoms with Crippen molar-refractivity contribution < 1.29 is 22.3 Å². The zero-order chi connectivity index (χ0) is 13.1. The maximum absolute atomic E-state index is 12.7. The van der Waals surface area contributed by atoms with E-state index in [1.807, 2.05) is 0 Å². The van der Waals surface area contributed by atoms with E-state index in [4.69, 9.17) is 5.73 Å². The van der Waals surface area contributed by atoms with Crippen molar-refractivity contribution in [3.05, 3.63) is 0 Å². The predicted octanol–water partition coefficient (Wildman–Crippen LogP) is -0.792. The van der Waals surface area contributed by atoms with Crippen LogP contribution in [0.15, 0.2) is 0 Å². The molecular weight excluding hydrogens is 254 g/mol. The molecule has 1 saturated carbocycles. The van der Waals surface area contributed by atoms with Gasteiger partial charge in [-0.3, -0.25) is 5.32 Å². The number of halogens is 2. The molecule has 5 nitrogen and oxygen atoms in total. The van der Waals surface area contributed by atoms with Crippen LogP contribution in [0.3, 0.4) is 0 Å². The monoisotopic (exact) mass is 270 g/mol. The Hall–Kier alpha value is -0.310. The van der Waals surface area contributed by atoms with Gasteiger partial charge in [0, 0.05) is 18.4 Å². The molecule has 2 aliphatic rings. The molecule has 0 amide bonds. The van der Waals surface area contributed by atoms with Gasteiger partial charge in [0.2, 0.25) is 0 Å². The number of alkyl halides is 2. The van der Waals surface area contributed by atoms with E-state index in [0.717, 1.165) is 0 Å². The number of aliphatic hydroxyl groups is 1. The van der Waals surface area contributed by atoms with Crippen LogP contribution in [0.5, 0.6) is 0 Å². The summed E-state index contributed by atoms with van der Waals surface area (Å²) in [6, 6.07) is 0. The lowest BCUT2D eigenvalue weighted by molar-refractivity contribution is -0.164. The molecule has 1 heterocycles. The number of nitrogens with one attached hydrogen (secondary N) is 1. The fourth-order valence-electron chi connectivity index (χ4n) is 2.59. The number of nitrogens with two attached hydrogens (primary N) is 1. The van der Waals surface area contributed by atoms with Gasteiger partial charge in [-0.25, -0.2) is 17.2 Å². The Morgan fingerprint density at radius 1 is 1.35 bits per heavy atom. The zero-order valence-corrected chi connectivity index (χ0v) is 10.2. The van der Waals surface area contributed by atoms with Gasteiger partial charge in [0.05, 0.1) is 17.0 Å². The van der Waals surface area contributed by atoms with Gasteiger partial charge in [-0.15, -0.1) is 0 Å². The summed E-state index contributed by atoms with van der Waals surface area (Å²) in [5.74, 6) is -3.04. The Bertz CT molecular complexity index is 418. The highest BCUT2D eigenvalue weighted by Gasteiger charge is 2.59. The summed E-state index contributed by atoms with van der Waals surface area (Å²) in [5.41, 5.74) is 3.50. The van der Waals surface area contributed by atoms with E-state index in [1.165, 1.54) is 0 Å². The van der Waals surface area contributed by atoms with Gasteiger partial charge < -0.3 is 10.8 Å². The largest absolute Gasteiger partial charge is 0.377 e. The van der Waals surface area contributed by atoms with E-state index >= 15 is 0 Å². The minimum absolute atomic E-state index is 0.108. The fraction of sp³-hybridized carbons (Fsp3) is 1.00. The molecule has 0 spiro atoms. The summed E-state index contributed by atoms with van der Waals surface area (Å²) in [7, 11) is -3.05. The van der Waals surface area contributed by atoms with Crippen molar-refractivity contribution in [1.82, 2.24) is 5.32 Å².